The number of nitrogens with one attached hydrogen (secondary N) is 1. The van der Waals surface area contributed by atoms with Crippen LogP contribution in [-0.2, 0) is 4.43 Å². The number of hydrogen-bond acceptors (Lipinski definition) is 4. The maximum absolute atomic E-state index is 9.45. The Balaban J connectivity index is 1.75. The van der Waals surface area contributed by atoms with E-state index >= 15 is 0 Å². The highest BCUT2D eigenvalue weighted by Gasteiger charge is 2.37. The molecule has 5 heteroatoms. The number of nitriles is 1. The first-order valence-electron chi connectivity index (χ1n) is 10.00. The quantitative estimate of drug-likeness (QED) is 0.651. The maximum Gasteiger partial charge on any atom is 0.192 e. The molecule has 0 aromatic carbocycles. The minimum absolute atomic E-state index is 0.268. The first kappa shape index (κ1) is 18.4. The molecule has 2 aliphatic carbocycles. The van der Waals surface area contributed by atoms with Crippen molar-refractivity contribution in [2.45, 2.75) is 89.1 Å². The summed E-state index contributed by atoms with van der Waals surface area (Å²) in [6, 6.07) is 10.1. The van der Waals surface area contributed by atoms with Crippen LogP contribution in [-0.4, -0.2) is 25.4 Å². The summed E-state index contributed by atoms with van der Waals surface area (Å²) in [6.07, 6.45) is 6.14. The van der Waals surface area contributed by atoms with E-state index in [4.69, 9.17) is 9.41 Å². The molecule has 0 radical (unpaired) electrons. The summed E-state index contributed by atoms with van der Waals surface area (Å²) in [5.74, 6) is 1.37. The Labute approximate surface area is 153 Å². The van der Waals surface area contributed by atoms with Crippen LogP contribution in [0.3, 0.4) is 0 Å². The van der Waals surface area contributed by atoms with Crippen LogP contribution in [0.1, 0.15) is 70.1 Å². The third-order valence-corrected chi connectivity index (χ3v) is 10.8. The summed E-state index contributed by atoms with van der Waals surface area (Å²) < 4.78 is 6.76. The van der Waals surface area contributed by atoms with Crippen molar-refractivity contribution in [3.05, 3.63) is 23.4 Å². The number of aromatic nitrogens is 1. The molecule has 0 spiro atoms. The first-order chi connectivity index (χ1) is 12.1. The smallest absolute Gasteiger partial charge is 0.192 e. The average molecular weight is 358 g/mol. The van der Waals surface area contributed by atoms with E-state index in [1.807, 2.05) is 12.1 Å². The molecule has 2 aliphatic rings. The van der Waals surface area contributed by atoms with Crippen LogP contribution in [0.25, 0.3) is 0 Å². The lowest BCUT2D eigenvalue weighted by molar-refractivity contribution is 0.183. The van der Waals surface area contributed by atoms with Gasteiger partial charge in [0.1, 0.15) is 11.9 Å². The Morgan fingerprint density at radius 3 is 2.48 bits per heavy atom. The van der Waals surface area contributed by atoms with Gasteiger partial charge < -0.3 is 9.74 Å². The Kier molecular flexibility index (Phi) is 5.80. The fraction of sp³-hybridized carbons (Fsp3) is 0.700. The normalized spacial score (nSPS) is 23.4. The molecule has 25 heavy (non-hydrogen) atoms. The van der Waals surface area contributed by atoms with Crippen LogP contribution in [0.15, 0.2) is 12.1 Å². The molecule has 1 aromatic heterocycles. The van der Waals surface area contributed by atoms with Crippen LogP contribution in [0.4, 0.5) is 5.82 Å². The van der Waals surface area contributed by atoms with Crippen molar-refractivity contribution in [1.82, 2.24) is 4.98 Å². The van der Waals surface area contributed by atoms with Crippen LogP contribution in [0.2, 0.25) is 18.1 Å². The minimum Gasteiger partial charge on any atom is -0.412 e. The third-order valence-electron chi connectivity index (χ3n) is 6.14. The monoisotopic (exact) mass is 357 g/mol. The maximum atomic E-state index is 9.45. The summed E-state index contributed by atoms with van der Waals surface area (Å²) in [6.45, 7) is 6.85. The van der Waals surface area contributed by atoms with Gasteiger partial charge in [-0.25, -0.2) is 4.98 Å². The van der Waals surface area contributed by atoms with Crippen molar-refractivity contribution in [3.8, 4) is 6.07 Å². The Bertz CT molecular complexity index is 626. The van der Waals surface area contributed by atoms with Gasteiger partial charge in [-0.05, 0) is 62.4 Å². The molecule has 1 N–H and O–H groups in total. The first-order valence-corrected chi connectivity index (χ1v) is 12.5. The van der Waals surface area contributed by atoms with Crippen LogP contribution in [0.5, 0.6) is 0 Å². The molecule has 0 bridgehead atoms. The topological polar surface area (TPSA) is 57.9 Å². The fourth-order valence-corrected chi connectivity index (χ4v) is 6.93. The van der Waals surface area contributed by atoms with E-state index in [-0.39, 0.29) is 12.1 Å². The van der Waals surface area contributed by atoms with E-state index in [9.17, 15) is 5.26 Å². The van der Waals surface area contributed by atoms with Crippen molar-refractivity contribution in [1.29, 1.82) is 5.26 Å². The second kappa shape index (κ2) is 7.88. The molecule has 2 atom stereocenters. The number of rotatable bonds is 8. The minimum atomic E-state index is -1.61. The van der Waals surface area contributed by atoms with Crippen molar-refractivity contribution < 1.29 is 4.43 Å². The SMILES string of the molecule is CC[Si](CC)(CC)OC1CCC[C@@H]1Nc1nc(C2CC2)ccc1C#N. The standard InChI is InChI=1S/C20H31N3OSi/c1-4-25(5-2,6-3)24-19-9-7-8-18(19)23-20-16(14-21)12-13-17(22-20)15-10-11-15/h12-13,15,18-19H,4-11H2,1-3H3,(H,22,23)/t18-,19?/m0/s1. The molecular formula is C20H31N3OSi. The largest absolute Gasteiger partial charge is 0.412 e. The molecule has 0 saturated heterocycles. The van der Waals surface area contributed by atoms with E-state index < -0.39 is 8.32 Å². The van der Waals surface area contributed by atoms with E-state index in [0.717, 1.165) is 24.4 Å². The van der Waals surface area contributed by atoms with Crippen molar-refractivity contribution >= 4 is 14.1 Å². The predicted molar refractivity (Wildman–Crippen MR) is 104 cm³/mol. The highest BCUT2D eigenvalue weighted by atomic mass is 28.4. The van der Waals surface area contributed by atoms with Crippen LogP contribution >= 0.6 is 0 Å². The number of pyridine rings is 1. The van der Waals surface area contributed by atoms with E-state index in [1.54, 1.807) is 0 Å². The fourth-order valence-electron chi connectivity index (χ4n) is 4.01. The van der Waals surface area contributed by atoms with Crippen molar-refractivity contribution in [3.63, 3.8) is 0 Å². The molecule has 1 unspecified atom stereocenters. The molecule has 136 valence electrons. The zero-order valence-electron chi connectivity index (χ0n) is 15.8. The van der Waals surface area contributed by atoms with Crippen LogP contribution in [0, 0.1) is 11.3 Å². The summed E-state index contributed by atoms with van der Waals surface area (Å²) in [7, 11) is -1.61. The van der Waals surface area contributed by atoms with Gasteiger partial charge in [0, 0.05) is 11.6 Å². The van der Waals surface area contributed by atoms with Gasteiger partial charge in [-0.3, -0.25) is 0 Å². The van der Waals surface area contributed by atoms with Crippen molar-refractivity contribution in [2.75, 3.05) is 5.32 Å². The average Bonchev–Trinajstić information content (AvgIpc) is 3.42. The number of hydrogen-bond donors (Lipinski definition) is 1. The zero-order valence-corrected chi connectivity index (χ0v) is 16.8. The second-order valence-electron chi connectivity index (χ2n) is 7.60. The molecule has 2 fully saturated rings. The van der Waals surface area contributed by atoms with Gasteiger partial charge in [0.2, 0.25) is 0 Å². The van der Waals surface area contributed by atoms with Crippen LogP contribution < -0.4 is 5.32 Å². The van der Waals surface area contributed by atoms with Crippen molar-refractivity contribution in [2.24, 2.45) is 0 Å². The Morgan fingerprint density at radius 1 is 1.16 bits per heavy atom. The Hall–Kier alpha value is -1.38. The van der Waals surface area contributed by atoms with E-state index in [0.29, 0.717) is 11.5 Å². The molecule has 1 aromatic rings. The van der Waals surface area contributed by atoms with Gasteiger partial charge in [-0.15, -0.1) is 0 Å². The summed E-state index contributed by atoms with van der Waals surface area (Å²) in [5, 5.41) is 13.0. The third kappa shape index (κ3) is 4.07. The lowest BCUT2D eigenvalue weighted by atomic mass is 10.1. The van der Waals surface area contributed by atoms with Gasteiger partial charge in [0.15, 0.2) is 8.32 Å². The molecule has 3 rings (SSSR count). The predicted octanol–water partition coefficient (Wildman–Crippen LogP) is 5.19. The van der Waals surface area contributed by atoms with Gasteiger partial charge in [0.05, 0.1) is 17.7 Å². The summed E-state index contributed by atoms with van der Waals surface area (Å²) in [5.41, 5.74) is 1.79. The molecule has 0 amide bonds. The van der Waals surface area contributed by atoms with Gasteiger partial charge in [0.25, 0.3) is 0 Å². The van der Waals surface area contributed by atoms with E-state index in [1.165, 1.54) is 37.4 Å². The van der Waals surface area contributed by atoms with E-state index in [2.05, 4.69) is 32.2 Å². The highest BCUT2D eigenvalue weighted by Crippen LogP contribution is 2.40. The molecule has 4 nitrogen and oxygen atoms in total. The van der Waals surface area contributed by atoms with Gasteiger partial charge in [-0.2, -0.15) is 5.26 Å². The van der Waals surface area contributed by atoms with Gasteiger partial charge >= 0.3 is 0 Å². The zero-order chi connectivity index (χ0) is 17.9. The summed E-state index contributed by atoms with van der Waals surface area (Å²) >= 11 is 0. The second-order valence-corrected chi connectivity index (χ2v) is 12.3. The molecule has 0 aliphatic heterocycles. The van der Waals surface area contributed by atoms with Gasteiger partial charge in [-0.1, -0.05) is 20.8 Å². The number of anilines is 1. The lowest BCUT2D eigenvalue weighted by Gasteiger charge is -2.34. The molecule has 2 saturated carbocycles. The highest BCUT2D eigenvalue weighted by molar-refractivity contribution is 6.73. The molecule has 1 heterocycles. The Morgan fingerprint density at radius 2 is 1.88 bits per heavy atom. The number of nitrogens with zero attached hydrogens (tertiary/aromatic N) is 2. The summed E-state index contributed by atoms with van der Waals surface area (Å²) in [4.78, 5) is 4.78. The lowest BCUT2D eigenvalue weighted by Crippen LogP contribution is -2.44. The molecular weight excluding hydrogens is 326 g/mol.